The van der Waals surface area contributed by atoms with Gasteiger partial charge in [0, 0.05) is 33.7 Å². The Morgan fingerprint density at radius 1 is 0.582 bits per heavy atom. The highest BCUT2D eigenvalue weighted by Gasteiger charge is 2.72. The molecule has 0 unspecified atom stereocenters. The van der Waals surface area contributed by atoms with Crippen LogP contribution in [0.4, 0.5) is 0 Å². The first-order valence-corrected chi connectivity index (χ1v) is 17.2. The minimum Gasteiger partial charge on any atom is -0.506 e. The van der Waals surface area contributed by atoms with Crippen molar-refractivity contribution in [1.82, 2.24) is 0 Å². The second-order valence-corrected chi connectivity index (χ2v) is 14.6. The molecule has 1 saturated heterocycles. The van der Waals surface area contributed by atoms with Crippen LogP contribution in [0.3, 0.4) is 0 Å². The van der Waals surface area contributed by atoms with Gasteiger partial charge in [0.15, 0.2) is 21.7 Å². The molecule has 9 rings (SSSR count). The van der Waals surface area contributed by atoms with Gasteiger partial charge in [-0.15, -0.1) is 0 Å². The number of ether oxygens (including phenoxy) is 1. The van der Waals surface area contributed by atoms with E-state index in [0.29, 0.717) is 0 Å². The molecule has 0 saturated carbocycles. The molecule has 1 heterocycles. The first kappa shape index (κ1) is 34.6. The van der Waals surface area contributed by atoms with Crippen molar-refractivity contribution in [3.8, 4) is 23.0 Å². The third-order valence-corrected chi connectivity index (χ3v) is 12.7. The SMILES string of the molecule is CC[C@]1(O)[C@H]2[C@H]3[C@H](O)c4c(c(=[N+]=[N-])c5c(O)c6c(=O)ccc(=O)c6c(O)c45)[C@@H](O)[C@@]3(CC)O[C@H]2c2c(c(=[N+]=[N-])c3c(O)c4c(=O)ccc(=O)c4c(O)c23)[C@H]1O. The number of benzene rings is 4. The van der Waals surface area contributed by atoms with Crippen LogP contribution in [0.25, 0.3) is 54.2 Å². The van der Waals surface area contributed by atoms with Crippen LogP contribution in [-0.2, 0) is 4.74 Å². The number of phenolic OH excluding ortho intramolecular Hbond substituents is 4. The van der Waals surface area contributed by atoms with Crippen LogP contribution in [0.2, 0.25) is 0 Å². The summed E-state index contributed by atoms with van der Waals surface area (Å²) in [4.78, 5) is 58.5. The minimum atomic E-state index is -2.34. The van der Waals surface area contributed by atoms with E-state index in [0.717, 1.165) is 24.3 Å². The van der Waals surface area contributed by atoms with Crippen molar-refractivity contribution in [3.63, 3.8) is 0 Å². The van der Waals surface area contributed by atoms with Gasteiger partial charge in [0.2, 0.25) is 0 Å². The number of hydrogen-bond acceptors (Lipinski definition) is 13. The standard InChI is InChI=1S/C38H28N4O13/c1-3-37(54)26-25-33(51)18-17-21(31(49)15-11(45)7-5-9(43)13(15)29(17)47)27(41-39)23(18)36(53)38(25,4-2)55-34(26)20-19-22(28(42-40)24(20)35(37)52)32(50)16-12(46)8-6-10(44)14(16)30(19)48/h5-8,25-26,33-36,47-54H,3-4H2,1-2H3/t25-,26-,33+,34-,35+,36+,37-,38-/m0/s1. The van der Waals surface area contributed by atoms with Gasteiger partial charge in [-0.3, -0.25) is 19.2 Å². The monoisotopic (exact) mass is 748 g/mol. The number of rotatable bonds is 2. The average molecular weight is 749 g/mol. The summed E-state index contributed by atoms with van der Waals surface area (Å²) in [5.41, 5.74) is 11.6. The number of fused-ring (bicyclic) bond motifs is 12. The Morgan fingerprint density at radius 3 is 1.38 bits per heavy atom. The lowest BCUT2D eigenvalue weighted by molar-refractivity contribution is -0.169. The van der Waals surface area contributed by atoms with Crippen molar-refractivity contribution >= 4 is 43.1 Å². The van der Waals surface area contributed by atoms with Crippen molar-refractivity contribution in [2.45, 2.75) is 62.3 Å². The molecular weight excluding hydrogens is 720 g/mol. The highest BCUT2D eigenvalue weighted by atomic mass is 16.5. The summed E-state index contributed by atoms with van der Waals surface area (Å²) in [7, 11) is 0. The van der Waals surface area contributed by atoms with E-state index < -0.39 is 141 Å². The number of hydrogen-bond donors (Lipinski definition) is 8. The zero-order valence-electron chi connectivity index (χ0n) is 28.6. The fourth-order valence-corrected chi connectivity index (χ4v) is 10.4. The van der Waals surface area contributed by atoms with Gasteiger partial charge in [-0.05, 0) is 37.1 Å². The van der Waals surface area contributed by atoms with Crippen LogP contribution in [0.5, 0.6) is 23.0 Å². The summed E-state index contributed by atoms with van der Waals surface area (Å²) >= 11 is 0. The Hall–Kier alpha value is -6.16. The Balaban J connectivity index is 1.43. The van der Waals surface area contributed by atoms with Crippen LogP contribution in [0.1, 0.15) is 73.4 Å². The molecule has 6 aromatic rings. The maximum atomic E-state index is 13.1. The summed E-state index contributed by atoms with van der Waals surface area (Å²) in [6.45, 7) is 3.03. The molecule has 0 amide bonds. The molecular formula is C38H28N4O13. The van der Waals surface area contributed by atoms with Crippen molar-refractivity contribution in [3.05, 3.63) is 109 Å². The van der Waals surface area contributed by atoms with Gasteiger partial charge < -0.3 is 56.7 Å². The molecule has 2 aliphatic carbocycles. The van der Waals surface area contributed by atoms with E-state index >= 15 is 0 Å². The maximum absolute atomic E-state index is 13.1. The second-order valence-electron chi connectivity index (χ2n) is 14.6. The molecule has 0 spiro atoms. The normalized spacial score (nSPS) is 28.3. The van der Waals surface area contributed by atoms with Gasteiger partial charge in [-0.25, -0.2) is 0 Å². The summed E-state index contributed by atoms with van der Waals surface area (Å²) in [5, 5.41) is 90.8. The lowest BCUT2D eigenvalue weighted by Gasteiger charge is -2.49. The Kier molecular flexibility index (Phi) is 6.76. The second kappa shape index (κ2) is 10.7. The lowest BCUT2D eigenvalue weighted by Crippen LogP contribution is -2.56. The van der Waals surface area contributed by atoms with Crippen LogP contribution in [0, 0.1) is 11.8 Å². The van der Waals surface area contributed by atoms with E-state index in [4.69, 9.17) is 4.74 Å². The largest absolute Gasteiger partial charge is 0.506 e. The average Bonchev–Trinajstić information content (AvgIpc) is 3.83. The number of phenols is 4. The fourth-order valence-electron chi connectivity index (χ4n) is 10.4. The number of aliphatic hydroxyl groups excluding tert-OH is 3. The molecule has 55 heavy (non-hydrogen) atoms. The predicted molar refractivity (Wildman–Crippen MR) is 187 cm³/mol. The van der Waals surface area contributed by atoms with Gasteiger partial charge in [-0.1, -0.05) is 13.8 Å². The molecule has 0 aromatic heterocycles. The van der Waals surface area contributed by atoms with Gasteiger partial charge in [0.05, 0.1) is 44.9 Å². The van der Waals surface area contributed by atoms with Crippen LogP contribution in [-0.4, -0.2) is 61.6 Å². The predicted octanol–water partition coefficient (Wildman–Crippen LogP) is -0.00400. The summed E-state index contributed by atoms with van der Waals surface area (Å²) in [6.07, 6.45) is -7.98. The third-order valence-electron chi connectivity index (χ3n) is 12.7. The highest BCUT2D eigenvalue weighted by Crippen LogP contribution is 2.69. The highest BCUT2D eigenvalue weighted by molar-refractivity contribution is 6.14. The molecule has 8 atom stereocenters. The van der Waals surface area contributed by atoms with E-state index in [2.05, 4.69) is 9.58 Å². The van der Waals surface area contributed by atoms with E-state index in [9.17, 15) is 71.1 Å². The fraction of sp³-hybridized carbons (Fsp3) is 0.316. The van der Waals surface area contributed by atoms with Crippen molar-refractivity contribution < 1.29 is 55.2 Å². The minimum absolute atomic E-state index is 0.185. The molecule has 8 N–H and O–H groups in total. The van der Waals surface area contributed by atoms with Crippen molar-refractivity contribution in [2.75, 3.05) is 0 Å². The molecule has 1 aliphatic heterocycles. The molecule has 6 aromatic carbocycles. The zero-order chi connectivity index (χ0) is 39.5. The Labute approximate surface area is 304 Å². The Bertz CT molecular complexity index is 3210. The van der Waals surface area contributed by atoms with Crippen molar-refractivity contribution in [2.24, 2.45) is 11.8 Å². The summed E-state index contributed by atoms with van der Waals surface area (Å²) in [5.74, 6) is -6.45. The molecule has 1 fully saturated rings. The van der Waals surface area contributed by atoms with E-state index in [1.807, 2.05) is 0 Å². The van der Waals surface area contributed by atoms with E-state index in [1.165, 1.54) is 6.92 Å². The maximum Gasteiger partial charge on any atom is 0.333 e. The third kappa shape index (κ3) is 3.61. The van der Waals surface area contributed by atoms with E-state index in [1.54, 1.807) is 6.92 Å². The first-order chi connectivity index (χ1) is 26.1. The molecule has 278 valence electrons. The van der Waals surface area contributed by atoms with Crippen LogP contribution in [0.15, 0.2) is 43.4 Å². The number of aromatic hydroxyl groups is 4. The smallest absolute Gasteiger partial charge is 0.333 e. The summed E-state index contributed by atoms with van der Waals surface area (Å²) < 4.78 is 6.73. The molecule has 17 heteroatoms. The Morgan fingerprint density at radius 2 is 0.982 bits per heavy atom. The van der Waals surface area contributed by atoms with Crippen LogP contribution < -0.4 is 32.4 Å². The molecule has 0 radical (unpaired) electrons. The number of aliphatic hydroxyl groups is 4. The van der Waals surface area contributed by atoms with Gasteiger partial charge in [0.25, 0.3) is 0 Å². The zero-order valence-corrected chi connectivity index (χ0v) is 28.6. The summed E-state index contributed by atoms with van der Waals surface area (Å²) in [6, 6.07) is 3.50. The van der Waals surface area contributed by atoms with Gasteiger partial charge in [-0.2, -0.15) is 9.58 Å². The first-order valence-electron chi connectivity index (χ1n) is 17.2. The van der Waals surface area contributed by atoms with Crippen LogP contribution >= 0.6 is 0 Å². The van der Waals surface area contributed by atoms with E-state index in [-0.39, 0.29) is 40.5 Å². The molecule has 0 bridgehead atoms. The molecule has 17 nitrogen and oxygen atoms in total. The molecule has 3 aliphatic rings. The van der Waals surface area contributed by atoms with Crippen molar-refractivity contribution in [1.29, 1.82) is 0 Å². The van der Waals surface area contributed by atoms with Gasteiger partial charge >= 0.3 is 10.7 Å². The topological polar surface area (TPSA) is 312 Å². The lowest BCUT2D eigenvalue weighted by atomic mass is 9.57. The quantitative estimate of drug-likeness (QED) is 0.0658. The number of nitrogens with zero attached hydrogens (tertiary/aromatic N) is 4. The van der Waals surface area contributed by atoms with Gasteiger partial charge in [0.1, 0.15) is 57.2 Å².